The van der Waals surface area contributed by atoms with E-state index in [2.05, 4.69) is 6.58 Å². The molecule has 0 spiro atoms. The Balaban J connectivity index is 2.27. The molecule has 2 N–H and O–H groups in total. The fourth-order valence-electron chi connectivity index (χ4n) is 1.93. The molecule has 19 heavy (non-hydrogen) atoms. The molecule has 0 aromatic heterocycles. The normalized spacial score (nSPS) is 15.1. The van der Waals surface area contributed by atoms with Gasteiger partial charge in [0, 0.05) is 18.8 Å². The zero-order valence-corrected chi connectivity index (χ0v) is 11.0. The highest BCUT2D eigenvalue weighted by Crippen LogP contribution is 2.25. The number of benzene rings is 1. The molecule has 1 aliphatic rings. The lowest BCUT2D eigenvalue weighted by Crippen LogP contribution is -2.40. The first-order valence-corrected chi connectivity index (χ1v) is 6.18. The maximum Gasteiger partial charge on any atom is 0.257 e. The van der Waals surface area contributed by atoms with E-state index in [1.54, 1.807) is 30.0 Å². The molecule has 1 fully saturated rings. The predicted octanol–water partition coefficient (Wildman–Crippen LogP) is 1.65. The summed E-state index contributed by atoms with van der Waals surface area (Å²) >= 11 is 0. The fraction of sp³-hybridized carbons (Fsp3) is 0.357. The number of hydrogen-bond acceptors (Lipinski definition) is 4. The SMILES string of the molecule is C=C(C)Oc1ccc(N)cc1C(=O)N1CCOCC1. The van der Waals surface area contributed by atoms with Crippen molar-refractivity contribution >= 4 is 11.6 Å². The van der Waals surface area contributed by atoms with E-state index >= 15 is 0 Å². The van der Waals surface area contributed by atoms with Crippen LogP contribution in [-0.4, -0.2) is 37.1 Å². The van der Waals surface area contributed by atoms with Gasteiger partial charge in [-0.3, -0.25) is 4.79 Å². The minimum Gasteiger partial charge on any atom is -0.462 e. The highest BCUT2D eigenvalue weighted by molar-refractivity contribution is 5.98. The van der Waals surface area contributed by atoms with Gasteiger partial charge >= 0.3 is 0 Å². The number of rotatable bonds is 3. The van der Waals surface area contributed by atoms with Crippen LogP contribution in [0.5, 0.6) is 5.75 Å². The Morgan fingerprint density at radius 3 is 2.74 bits per heavy atom. The highest BCUT2D eigenvalue weighted by Gasteiger charge is 2.22. The zero-order chi connectivity index (χ0) is 13.8. The van der Waals surface area contributed by atoms with Gasteiger partial charge in [0.25, 0.3) is 5.91 Å². The molecule has 0 unspecified atom stereocenters. The monoisotopic (exact) mass is 262 g/mol. The third kappa shape index (κ3) is 3.26. The average Bonchev–Trinajstić information content (AvgIpc) is 2.40. The van der Waals surface area contributed by atoms with Crippen molar-refractivity contribution in [1.82, 2.24) is 4.90 Å². The first-order chi connectivity index (χ1) is 9.08. The molecule has 0 aliphatic carbocycles. The van der Waals surface area contributed by atoms with Crippen LogP contribution in [0.3, 0.4) is 0 Å². The van der Waals surface area contributed by atoms with Gasteiger partial charge < -0.3 is 20.1 Å². The summed E-state index contributed by atoms with van der Waals surface area (Å²) in [7, 11) is 0. The first kappa shape index (κ1) is 13.4. The molecule has 5 nitrogen and oxygen atoms in total. The highest BCUT2D eigenvalue weighted by atomic mass is 16.5. The summed E-state index contributed by atoms with van der Waals surface area (Å²) in [6, 6.07) is 5.03. The number of nitrogens with two attached hydrogens (primary N) is 1. The molecule has 1 heterocycles. The van der Waals surface area contributed by atoms with Crippen molar-refractivity contribution in [2.75, 3.05) is 32.0 Å². The van der Waals surface area contributed by atoms with E-state index in [0.29, 0.717) is 49.1 Å². The summed E-state index contributed by atoms with van der Waals surface area (Å²) in [5.74, 6) is 0.922. The lowest BCUT2D eigenvalue weighted by molar-refractivity contribution is 0.0301. The number of nitrogen functional groups attached to an aromatic ring is 1. The van der Waals surface area contributed by atoms with Crippen LogP contribution < -0.4 is 10.5 Å². The van der Waals surface area contributed by atoms with E-state index in [4.69, 9.17) is 15.2 Å². The zero-order valence-electron chi connectivity index (χ0n) is 11.0. The fourth-order valence-corrected chi connectivity index (χ4v) is 1.93. The number of hydrogen-bond donors (Lipinski definition) is 1. The maximum atomic E-state index is 12.5. The van der Waals surface area contributed by atoms with Crippen molar-refractivity contribution in [1.29, 1.82) is 0 Å². The summed E-state index contributed by atoms with van der Waals surface area (Å²) in [5, 5.41) is 0. The number of carbonyl (C=O) groups is 1. The van der Waals surface area contributed by atoms with Gasteiger partial charge in [0.2, 0.25) is 0 Å². The number of ether oxygens (including phenoxy) is 2. The third-order valence-electron chi connectivity index (χ3n) is 2.82. The average molecular weight is 262 g/mol. The number of nitrogens with zero attached hydrogens (tertiary/aromatic N) is 1. The molecule has 102 valence electrons. The van der Waals surface area contributed by atoms with Gasteiger partial charge in [0.1, 0.15) is 5.75 Å². The first-order valence-electron chi connectivity index (χ1n) is 6.18. The largest absolute Gasteiger partial charge is 0.462 e. The van der Waals surface area contributed by atoms with Crippen molar-refractivity contribution in [3.05, 3.63) is 36.1 Å². The number of amides is 1. The molecule has 1 aromatic rings. The lowest BCUT2D eigenvalue weighted by atomic mass is 10.1. The Morgan fingerprint density at radius 1 is 1.42 bits per heavy atom. The summed E-state index contributed by atoms with van der Waals surface area (Å²) in [6.45, 7) is 7.71. The Hall–Kier alpha value is -2.01. The van der Waals surface area contributed by atoms with Crippen LogP contribution in [0.15, 0.2) is 30.5 Å². The van der Waals surface area contributed by atoms with Gasteiger partial charge in [-0.2, -0.15) is 0 Å². The van der Waals surface area contributed by atoms with Crippen molar-refractivity contribution in [2.24, 2.45) is 0 Å². The van der Waals surface area contributed by atoms with E-state index in [0.717, 1.165) is 0 Å². The van der Waals surface area contributed by atoms with Crippen LogP contribution in [0.2, 0.25) is 0 Å². The maximum absolute atomic E-state index is 12.5. The standard InChI is InChI=1S/C14H18N2O3/c1-10(2)19-13-4-3-11(15)9-12(13)14(17)16-5-7-18-8-6-16/h3-4,9H,1,5-8,15H2,2H3. The molecule has 0 atom stereocenters. The summed E-state index contributed by atoms with van der Waals surface area (Å²) in [4.78, 5) is 14.2. The second-order valence-corrected chi connectivity index (χ2v) is 4.46. The van der Waals surface area contributed by atoms with Crippen LogP contribution in [-0.2, 0) is 4.74 Å². The second kappa shape index (κ2) is 5.75. The predicted molar refractivity (Wildman–Crippen MR) is 73.0 cm³/mol. The third-order valence-corrected chi connectivity index (χ3v) is 2.82. The van der Waals surface area contributed by atoms with Gasteiger partial charge in [0.05, 0.1) is 24.5 Å². The van der Waals surface area contributed by atoms with E-state index in [1.165, 1.54) is 0 Å². The van der Waals surface area contributed by atoms with Crippen molar-refractivity contribution in [2.45, 2.75) is 6.92 Å². The summed E-state index contributed by atoms with van der Waals surface area (Å²) < 4.78 is 10.7. The Kier molecular flexibility index (Phi) is 4.06. The molecule has 2 rings (SSSR count). The van der Waals surface area contributed by atoms with E-state index < -0.39 is 0 Å². The molecule has 5 heteroatoms. The molecular formula is C14H18N2O3. The van der Waals surface area contributed by atoms with Gasteiger partial charge in [0.15, 0.2) is 0 Å². The van der Waals surface area contributed by atoms with Crippen LogP contribution in [0.1, 0.15) is 17.3 Å². The molecule has 1 aliphatic heterocycles. The van der Waals surface area contributed by atoms with E-state index in [9.17, 15) is 4.79 Å². The van der Waals surface area contributed by atoms with E-state index in [-0.39, 0.29) is 5.91 Å². The number of morpholine rings is 1. The number of allylic oxidation sites excluding steroid dienone is 1. The Bertz CT molecular complexity index is 493. The second-order valence-electron chi connectivity index (χ2n) is 4.46. The van der Waals surface area contributed by atoms with Crippen LogP contribution in [0.4, 0.5) is 5.69 Å². The molecule has 0 saturated carbocycles. The molecule has 0 radical (unpaired) electrons. The summed E-state index contributed by atoms with van der Waals surface area (Å²) in [5.41, 5.74) is 6.75. The minimum atomic E-state index is -0.0909. The topological polar surface area (TPSA) is 64.8 Å². The molecule has 0 bridgehead atoms. The van der Waals surface area contributed by atoms with E-state index in [1.807, 2.05) is 0 Å². The van der Waals surface area contributed by atoms with Crippen LogP contribution in [0, 0.1) is 0 Å². The smallest absolute Gasteiger partial charge is 0.257 e. The van der Waals surface area contributed by atoms with Gasteiger partial charge in [-0.05, 0) is 25.1 Å². The Morgan fingerprint density at radius 2 is 2.11 bits per heavy atom. The molecule has 1 amide bonds. The molecule has 1 aromatic carbocycles. The van der Waals surface area contributed by atoms with Gasteiger partial charge in [-0.25, -0.2) is 0 Å². The number of carbonyl (C=O) groups excluding carboxylic acids is 1. The van der Waals surface area contributed by atoms with Crippen LogP contribution >= 0.6 is 0 Å². The lowest BCUT2D eigenvalue weighted by Gasteiger charge is -2.27. The molecule has 1 saturated heterocycles. The van der Waals surface area contributed by atoms with Gasteiger partial charge in [-0.15, -0.1) is 0 Å². The summed E-state index contributed by atoms with van der Waals surface area (Å²) in [6.07, 6.45) is 0. The van der Waals surface area contributed by atoms with Gasteiger partial charge in [-0.1, -0.05) is 6.58 Å². The number of anilines is 1. The van der Waals surface area contributed by atoms with Crippen molar-refractivity contribution in [3.8, 4) is 5.75 Å². The van der Waals surface area contributed by atoms with Crippen molar-refractivity contribution < 1.29 is 14.3 Å². The minimum absolute atomic E-state index is 0.0909. The van der Waals surface area contributed by atoms with Crippen LogP contribution in [0.25, 0.3) is 0 Å². The quantitative estimate of drug-likeness (QED) is 0.664. The van der Waals surface area contributed by atoms with Crippen molar-refractivity contribution in [3.63, 3.8) is 0 Å². The Labute approximate surface area is 112 Å². The molecular weight excluding hydrogens is 244 g/mol.